The zero-order valence-corrected chi connectivity index (χ0v) is 12.9. The van der Waals surface area contributed by atoms with Gasteiger partial charge in [0.1, 0.15) is 0 Å². The lowest BCUT2D eigenvalue weighted by atomic mass is 10.1. The number of carbonyl (C=O) groups is 1. The molecule has 0 radical (unpaired) electrons. The number of aryl methyl sites for hydroxylation is 1. The summed E-state index contributed by atoms with van der Waals surface area (Å²) in [5.41, 5.74) is 3.38. The molecular weight excluding hydrogens is 272 g/mol. The van der Waals surface area contributed by atoms with Crippen molar-refractivity contribution in [2.45, 2.75) is 27.3 Å². The summed E-state index contributed by atoms with van der Waals surface area (Å²) >= 11 is 1.72. The number of nitrogens with one attached hydrogen (secondary N) is 2. The molecule has 2 aromatic heterocycles. The Hall–Kier alpha value is -1.82. The number of urea groups is 1. The van der Waals surface area contributed by atoms with Crippen LogP contribution in [0.25, 0.3) is 10.4 Å². The highest BCUT2D eigenvalue weighted by atomic mass is 32.1. The van der Waals surface area contributed by atoms with E-state index in [0.717, 1.165) is 11.4 Å². The average molecular weight is 292 g/mol. The lowest BCUT2D eigenvalue weighted by molar-refractivity contribution is 0.241. The highest BCUT2D eigenvalue weighted by Gasteiger charge is 2.13. The second-order valence-electron chi connectivity index (χ2n) is 4.53. The van der Waals surface area contributed by atoms with Gasteiger partial charge in [0.15, 0.2) is 0 Å². The van der Waals surface area contributed by atoms with E-state index < -0.39 is 0 Å². The molecule has 0 aliphatic carbocycles. The molecule has 2 aromatic rings. The van der Waals surface area contributed by atoms with E-state index in [1.807, 2.05) is 24.6 Å². The van der Waals surface area contributed by atoms with Gasteiger partial charge in [0, 0.05) is 29.2 Å². The van der Waals surface area contributed by atoms with Gasteiger partial charge < -0.3 is 10.6 Å². The van der Waals surface area contributed by atoms with Crippen LogP contribution in [-0.2, 0) is 6.54 Å². The van der Waals surface area contributed by atoms with Gasteiger partial charge in [-0.15, -0.1) is 11.3 Å². The molecule has 0 unspecified atom stereocenters. The van der Waals surface area contributed by atoms with Crippen LogP contribution in [0.15, 0.2) is 17.5 Å². The van der Waals surface area contributed by atoms with E-state index in [1.54, 1.807) is 11.3 Å². The van der Waals surface area contributed by atoms with Crippen molar-refractivity contribution in [2.75, 3.05) is 13.1 Å². The maximum atomic E-state index is 11.3. The second kappa shape index (κ2) is 6.56. The van der Waals surface area contributed by atoms with Gasteiger partial charge in [0.25, 0.3) is 0 Å². The van der Waals surface area contributed by atoms with E-state index in [-0.39, 0.29) is 6.03 Å². The fourth-order valence-electron chi connectivity index (χ4n) is 2.19. The standard InChI is InChI=1S/C14H20N4OS/c1-4-15-14(19)16-7-8-18-11(3)13(10(2)17-18)12-6-5-9-20-12/h5-6,9H,4,7-8H2,1-3H3,(H2,15,16,19). The minimum atomic E-state index is -0.132. The molecule has 0 saturated carbocycles. The molecule has 2 amide bonds. The molecule has 2 N–H and O–H groups in total. The zero-order valence-electron chi connectivity index (χ0n) is 12.1. The number of rotatable bonds is 5. The van der Waals surface area contributed by atoms with Crippen molar-refractivity contribution in [3.05, 3.63) is 28.9 Å². The van der Waals surface area contributed by atoms with Gasteiger partial charge >= 0.3 is 6.03 Å². The van der Waals surface area contributed by atoms with Crippen molar-refractivity contribution >= 4 is 17.4 Å². The minimum absolute atomic E-state index is 0.132. The number of aromatic nitrogens is 2. The Kier molecular flexibility index (Phi) is 4.79. The van der Waals surface area contributed by atoms with Gasteiger partial charge in [-0.05, 0) is 32.2 Å². The maximum Gasteiger partial charge on any atom is 0.314 e. The summed E-state index contributed by atoms with van der Waals surface area (Å²) in [6, 6.07) is 4.03. The van der Waals surface area contributed by atoms with Crippen molar-refractivity contribution < 1.29 is 4.79 Å². The molecule has 0 spiro atoms. The molecule has 2 heterocycles. The maximum absolute atomic E-state index is 11.3. The zero-order chi connectivity index (χ0) is 14.5. The summed E-state index contributed by atoms with van der Waals surface area (Å²) in [4.78, 5) is 12.6. The molecule has 2 rings (SSSR count). The van der Waals surface area contributed by atoms with E-state index >= 15 is 0 Å². The fourth-order valence-corrected chi connectivity index (χ4v) is 3.06. The van der Waals surface area contributed by atoms with Crippen LogP contribution in [0.5, 0.6) is 0 Å². The lowest BCUT2D eigenvalue weighted by Crippen LogP contribution is -2.37. The van der Waals surface area contributed by atoms with Crippen LogP contribution in [0.2, 0.25) is 0 Å². The monoisotopic (exact) mass is 292 g/mol. The van der Waals surface area contributed by atoms with E-state index in [9.17, 15) is 4.79 Å². The topological polar surface area (TPSA) is 59.0 Å². The van der Waals surface area contributed by atoms with E-state index in [1.165, 1.54) is 10.4 Å². The molecule has 108 valence electrons. The van der Waals surface area contributed by atoms with Gasteiger partial charge in [-0.1, -0.05) is 6.07 Å². The summed E-state index contributed by atoms with van der Waals surface area (Å²) in [5.74, 6) is 0. The van der Waals surface area contributed by atoms with Crippen LogP contribution >= 0.6 is 11.3 Å². The van der Waals surface area contributed by atoms with Crippen LogP contribution in [-0.4, -0.2) is 28.9 Å². The number of thiophene rings is 1. The Labute approximate surface area is 123 Å². The van der Waals surface area contributed by atoms with Crippen LogP contribution in [0.3, 0.4) is 0 Å². The molecule has 0 aliphatic rings. The van der Waals surface area contributed by atoms with Crippen LogP contribution < -0.4 is 10.6 Å². The first-order valence-corrected chi connectivity index (χ1v) is 7.61. The average Bonchev–Trinajstić information content (AvgIpc) is 2.99. The second-order valence-corrected chi connectivity index (χ2v) is 5.48. The summed E-state index contributed by atoms with van der Waals surface area (Å²) in [5, 5.41) is 12.2. The van der Waals surface area contributed by atoms with E-state index in [0.29, 0.717) is 19.6 Å². The third-order valence-electron chi connectivity index (χ3n) is 3.10. The molecule has 0 bridgehead atoms. The van der Waals surface area contributed by atoms with Gasteiger partial charge in [0.2, 0.25) is 0 Å². The third kappa shape index (κ3) is 3.19. The van der Waals surface area contributed by atoms with Gasteiger partial charge in [-0.25, -0.2) is 4.79 Å². The lowest BCUT2D eigenvalue weighted by Gasteiger charge is -2.07. The predicted molar refractivity (Wildman–Crippen MR) is 82.1 cm³/mol. The number of hydrogen-bond acceptors (Lipinski definition) is 3. The molecule has 20 heavy (non-hydrogen) atoms. The third-order valence-corrected chi connectivity index (χ3v) is 3.98. The Morgan fingerprint density at radius 2 is 2.20 bits per heavy atom. The number of nitrogens with zero attached hydrogens (tertiary/aromatic N) is 2. The van der Waals surface area contributed by atoms with Crippen molar-refractivity contribution in [1.29, 1.82) is 0 Å². The quantitative estimate of drug-likeness (QED) is 0.889. The summed E-state index contributed by atoms with van der Waals surface area (Å²) in [7, 11) is 0. The number of hydrogen-bond donors (Lipinski definition) is 2. The molecule has 0 atom stereocenters. The highest BCUT2D eigenvalue weighted by Crippen LogP contribution is 2.30. The molecular formula is C14H20N4OS. The SMILES string of the molecule is CCNC(=O)NCCn1nc(C)c(-c2cccs2)c1C. The Bertz CT molecular complexity index is 574. The van der Waals surface area contributed by atoms with E-state index in [2.05, 4.69) is 34.1 Å². The van der Waals surface area contributed by atoms with Crippen LogP contribution in [0, 0.1) is 13.8 Å². The first-order valence-electron chi connectivity index (χ1n) is 6.73. The fraction of sp³-hybridized carbons (Fsp3) is 0.429. The molecule has 0 fully saturated rings. The molecule has 6 heteroatoms. The molecule has 0 aromatic carbocycles. The minimum Gasteiger partial charge on any atom is -0.338 e. The number of carbonyl (C=O) groups excluding carboxylic acids is 1. The summed E-state index contributed by atoms with van der Waals surface area (Å²) < 4.78 is 1.95. The van der Waals surface area contributed by atoms with Crippen molar-refractivity contribution in [3.8, 4) is 10.4 Å². The van der Waals surface area contributed by atoms with Crippen molar-refractivity contribution in [1.82, 2.24) is 20.4 Å². The molecule has 5 nitrogen and oxygen atoms in total. The molecule has 0 saturated heterocycles. The van der Waals surface area contributed by atoms with Gasteiger partial charge in [-0.3, -0.25) is 4.68 Å². The summed E-state index contributed by atoms with van der Waals surface area (Å²) in [6.07, 6.45) is 0. The van der Waals surface area contributed by atoms with Gasteiger partial charge in [-0.2, -0.15) is 5.10 Å². The Morgan fingerprint density at radius 3 is 2.85 bits per heavy atom. The molecule has 0 aliphatic heterocycles. The van der Waals surface area contributed by atoms with Crippen LogP contribution in [0.4, 0.5) is 4.79 Å². The van der Waals surface area contributed by atoms with Crippen LogP contribution in [0.1, 0.15) is 18.3 Å². The first-order chi connectivity index (χ1) is 9.63. The normalized spacial score (nSPS) is 10.6. The van der Waals surface area contributed by atoms with E-state index in [4.69, 9.17) is 0 Å². The highest BCUT2D eigenvalue weighted by molar-refractivity contribution is 7.13. The Morgan fingerprint density at radius 1 is 1.40 bits per heavy atom. The largest absolute Gasteiger partial charge is 0.338 e. The summed E-state index contributed by atoms with van der Waals surface area (Å²) in [6.45, 7) is 7.87. The smallest absolute Gasteiger partial charge is 0.314 e. The van der Waals surface area contributed by atoms with Crippen molar-refractivity contribution in [3.63, 3.8) is 0 Å². The number of amides is 2. The Balaban J connectivity index is 2.03. The first kappa shape index (κ1) is 14.6. The van der Waals surface area contributed by atoms with Crippen molar-refractivity contribution in [2.24, 2.45) is 0 Å². The van der Waals surface area contributed by atoms with Gasteiger partial charge in [0.05, 0.1) is 12.2 Å². The predicted octanol–water partition coefficient (Wildman–Crippen LogP) is 2.55.